The maximum Gasteiger partial charge on any atom is 0.161 e. The number of carbonyl (C=O) groups is 1. The number of hydrogen-bond donors (Lipinski definition) is 2. The number of halogens is 1. The first kappa shape index (κ1) is 14.1. The minimum atomic E-state index is -0.0964. The quantitative estimate of drug-likeness (QED) is 0.662. The fourth-order valence-corrected chi connectivity index (χ4v) is 2.17. The number of nitrogens with zero attached hydrogens (tertiary/aromatic N) is 1. The molecule has 3 N–H and O–H groups in total. The molecular formula is C15H12BrN3O. The van der Waals surface area contributed by atoms with E-state index in [0.29, 0.717) is 28.2 Å². The standard InChI is InChI=1S/C15H12BrN3O/c1-9(20)13-7-12(4-5-14(13)18)19-15-6-11(16)3-2-10(15)8-17/h2-7,19H,18H2,1H3. The van der Waals surface area contributed by atoms with E-state index in [1.807, 2.05) is 6.07 Å². The van der Waals surface area contributed by atoms with E-state index in [1.54, 1.807) is 30.3 Å². The highest BCUT2D eigenvalue weighted by atomic mass is 79.9. The number of Topliss-reactive ketones (excluding diaryl/α,β-unsaturated/α-hetero) is 1. The van der Waals surface area contributed by atoms with Crippen LogP contribution in [-0.2, 0) is 0 Å². The highest BCUT2D eigenvalue weighted by molar-refractivity contribution is 9.10. The van der Waals surface area contributed by atoms with Crippen LogP contribution in [0.4, 0.5) is 17.1 Å². The highest BCUT2D eigenvalue weighted by Gasteiger charge is 2.08. The molecule has 0 aliphatic heterocycles. The van der Waals surface area contributed by atoms with Gasteiger partial charge in [0.05, 0.1) is 11.3 Å². The summed E-state index contributed by atoms with van der Waals surface area (Å²) in [6.45, 7) is 1.47. The van der Waals surface area contributed by atoms with Crippen molar-refractivity contribution in [3.05, 3.63) is 52.0 Å². The fourth-order valence-electron chi connectivity index (χ4n) is 1.81. The number of benzene rings is 2. The molecule has 0 saturated heterocycles. The molecule has 0 bridgehead atoms. The Bertz CT molecular complexity index is 720. The van der Waals surface area contributed by atoms with E-state index in [-0.39, 0.29) is 5.78 Å². The molecule has 0 atom stereocenters. The Morgan fingerprint density at radius 3 is 2.70 bits per heavy atom. The SMILES string of the molecule is CC(=O)c1cc(Nc2cc(Br)ccc2C#N)ccc1N. The number of nitrogen functional groups attached to an aromatic ring is 1. The van der Waals surface area contributed by atoms with Gasteiger partial charge in [-0.05, 0) is 43.3 Å². The minimum Gasteiger partial charge on any atom is -0.398 e. The molecule has 4 nitrogen and oxygen atoms in total. The second kappa shape index (κ2) is 5.76. The lowest BCUT2D eigenvalue weighted by Crippen LogP contribution is -2.01. The Hall–Kier alpha value is -2.32. The molecule has 0 aliphatic rings. The third-order valence-electron chi connectivity index (χ3n) is 2.81. The zero-order valence-corrected chi connectivity index (χ0v) is 12.4. The van der Waals surface area contributed by atoms with Gasteiger partial charge in [-0.2, -0.15) is 5.26 Å². The summed E-state index contributed by atoms with van der Waals surface area (Å²) in [5.74, 6) is -0.0964. The molecule has 0 radical (unpaired) electrons. The largest absolute Gasteiger partial charge is 0.398 e. The van der Waals surface area contributed by atoms with E-state index in [0.717, 1.165) is 4.47 Å². The molecule has 2 rings (SSSR count). The summed E-state index contributed by atoms with van der Waals surface area (Å²) in [5.41, 5.74) is 8.56. The number of carbonyl (C=O) groups excluding carboxylic acids is 1. The van der Waals surface area contributed by atoms with Crippen molar-refractivity contribution in [1.82, 2.24) is 0 Å². The summed E-state index contributed by atoms with van der Waals surface area (Å²) in [7, 11) is 0. The first-order chi connectivity index (χ1) is 9.51. The second-order valence-electron chi connectivity index (χ2n) is 4.28. The summed E-state index contributed by atoms with van der Waals surface area (Å²) in [5, 5.41) is 12.2. The summed E-state index contributed by atoms with van der Waals surface area (Å²) in [6.07, 6.45) is 0. The van der Waals surface area contributed by atoms with Crippen LogP contribution in [0.1, 0.15) is 22.8 Å². The molecule has 2 aromatic rings. The zero-order chi connectivity index (χ0) is 14.7. The molecule has 0 aromatic heterocycles. The Labute approximate surface area is 125 Å². The van der Waals surface area contributed by atoms with Crippen molar-refractivity contribution in [1.29, 1.82) is 5.26 Å². The van der Waals surface area contributed by atoms with Gasteiger partial charge in [0.1, 0.15) is 6.07 Å². The zero-order valence-electron chi connectivity index (χ0n) is 10.8. The van der Waals surface area contributed by atoms with Crippen molar-refractivity contribution < 1.29 is 4.79 Å². The average molecular weight is 330 g/mol. The highest BCUT2D eigenvalue weighted by Crippen LogP contribution is 2.26. The summed E-state index contributed by atoms with van der Waals surface area (Å²) in [6, 6.07) is 12.6. The summed E-state index contributed by atoms with van der Waals surface area (Å²) < 4.78 is 0.862. The number of hydrogen-bond acceptors (Lipinski definition) is 4. The Morgan fingerprint density at radius 2 is 2.05 bits per heavy atom. The van der Waals surface area contributed by atoms with Crippen LogP contribution in [0.2, 0.25) is 0 Å². The summed E-state index contributed by atoms with van der Waals surface area (Å²) in [4.78, 5) is 11.5. The van der Waals surface area contributed by atoms with Crippen molar-refractivity contribution >= 4 is 38.8 Å². The molecule has 0 aliphatic carbocycles. The molecule has 0 amide bonds. The second-order valence-corrected chi connectivity index (χ2v) is 5.20. The first-order valence-electron chi connectivity index (χ1n) is 5.88. The van der Waals surface area contributed by atoms with Crippen molar-refractivity contribution in [2.75, 3.05) is 11.1 Å². The Morgan fingerprint density at radius 1 is 1.30 bits per heavy atom. The molecular weight excluding hydrogens is 318 g/mol. The molecule has 5 heteroatoms. The smallest absolute Gasteiger partial charge is 0.161 e. The summed E-state index contributed by atoms with van der Waals surface area (Å²) >= 11 is 3.36. The topological polar surface area (TPSA) is 78.9 Å². The maximum absolute atomic E-state index is 11.5. The van der Waals surface area contributed by atoms with Gasteiger partial charge in [0.2, 0.25) is 0 Å². The molecule has 0 saturated carbocycles. The number of nitrogens with one attached hydrogen (secondary N) is 1. The molecule has 0 unspecified atom stereocenters. The van der Waals surface area contributed by atoms with Crippen LogP contribution < -0.4 is 11.1 Å². The van der Waals surface area contributed by atoms with Crippen molar-refractivity contribution in [3.8, 4) is 6.07 Å². The van der Waals surface area contributed by atoms with Gasteiger partial charge in [0, 0.05) is 21.4 Å². The normalized spacial score (nSPS) is 9.85. The van der Waals surface area contributed by atoms with Crippen LogP contribution in [0.3, 0.4) is 0 Å². The van der Waals surface area contributed by atoms with E-state index < -0.39 is 0 Å². The maximum atomic E-state index is 11.5. The molecule has 0 fully saturated rings. The van der Waals surface area contributed by atoms with E-state index in [2.05, 4.69) is 27.3 Å². The van der Waals surface area contributed by atoms with Crippen LogP contribution in [0, 0.1) is 11.3 Å². The first-order valence-corrected chi connectivity index (χ1v) is 6.67. The van der Waals surface area contributed by atoms with E-state index in [9.17, 15) is 4.79 Å². The van der Waals surface area contributed by atoms with Gasteiger partial charge >= 0.3 is 0 Å². The van der Waals surface area contributed by atoms with Gasteiger partial charge in [-0.15, -0.1) is 0 Å². The Kier molecular flexibility index (Phi) is 4.06. The minimum absolute atomic E-state index is 0.0964. The molecule has 100 valence electrons. The van der Waals surface area contributed by atoms with Gasteiger partial charge in [0.25, 0.3) is 0 Å². The van der Waals surface area contributed by atoms with E-state index in [1.165, 1.54) is 6.92 Å². The number of nitrogens with two attached hydrogens (primary N) is 1. The van der Waals surface area contributed by atoms with Gasteiger partial charge in [-0.3, -0.25) is 4.79 Å². The lowest BCUT2D eigenvalue weighted by molar-refractivity contribution is 0.101. The predicted molar refractivity (Wildman–Crippen MR) is 83.0 cm³/mol. The van der Waals surface area contributed by atoms with Gasteiger partial charge in [-0.25, -0.2) is 0 Å². The van der Waals surface area contributed by atoms with Crippen molar-refractivity contribution in [2.45, 2.75) is 6.92 Å². The van der Waals surface area contributed by atoms with Gasteiger partial charge in [0.15, 0.2) is 5.78 Å². The van der Waals surface area contributed by atoms with Crippen LogP contribution in [0.25, 0.3) is 0 Å². The molecule has 20 heavy (non-hydrogen) atoms. The van der Waals surface area contributed by atoms with Gasteiger partial charge < -0.3 is 11.1 Å². The Balaban J connectivity index is 2.40. The lowest BCUT2D eigenvalue weighted by atomic mass is 10.1. The number of ketones is 1. The van der Waals surface area contributed by atoms with Crippen LogP contribution in [0.15, 0.2) is 40.9 Å². The third kappa shape index (κ3) is 2.98. The lowest BCUT2D eigenvalue weighted by Gasteiger charge is -2.11. The number of rotatable bonds is 3. The van der Waals surface area contributed by atoms with Crippen molar-refractivity contribution in [2.24, 2.45) is 0 Å². The average Bonchev–Trinajstić information content (AvgIpc) is 2.41. The van der Waals surface area contributed by atoms with Crippen LogP contribution in [0.5, 0.6) is 0 Å². The molecule has 2 aromatic carbocycles. The van der Waals surface area contributed by atoms with Crippen LogP contribution >= 0.6 is 15.9 Å². The van der Waals surface area contributed by atoms with Crippen LogP contribution in [-0.4, -0.2) is 5.78 Å². The number of anilines is 3. The molecule has 0 heterocycles. The fraction of sp³-hybridized carbons (Fsp3) is 0.0667. The number of nitriles is 1. The van der Waals surface area contributed by atoms with E-state index in [4.69, 9.17) is 11.0 Å². The van der Waals surface area contributed by atoms with Gasteiger partial charge in [-0.1, -0.05) is 15.9 Å². The van der Waals surface area contributed by atoms with Crippen molar-refractivity contribution in [3.63, 3.8) is 0 Å². The third-order valence-corrected chi connectivity index (χ3v) is 3.31. The monoisotopic (exact) mass is 329 g/mol. The molecule has 0 spiro atoms. The van der Waals surface area contributed by atoms with E-state index >= 15 is 0 Å². The predicted octanol–water partition coefficient (Wildman–Crippen LogP) is 3.85.